The standard InChI is InChI=1S/C47H31N2.Ir/c1-2-13-33(14-3-1)39-29-40(36-17-10-15-34(27-36)35-16-11-19-38(28-35)45-23-8-9-26-48-45)31-41(30-39)37-18-12-20-42(32-37)49-46-24-6-4-21-43(46)44-22-5-7-25-47(44)49;/h1-18,20-32H;/q-1;. The van der Waals surface area contributed by atoms with Gasteiger partial charge in [0.05, 0.1) is 11.0 Å². The first-order valence-electron chi connectivity index (χ1n) is 16.6. The predicted octanol–water partition coefficient (Wildman–Crippen LogP) is 12.3. The second kappa shape index (κ2) is 13.6. The third-order valence-electron chi connectivity index (χ3n) is 9.33. The number of pyridine rings is 1. The van der Waals surface area contributed by atoms with Gasteiger partial charge in [0.15, 0.2) is 0 Å². The fraction of sp³-hybridized carbons (Fsp3) is 0. The van der Waals surface area contributed by atoms with E-state index in [-0.39, 0.29) is 20.1 Å². The third-order valence-corrected chi connectivity index (χ3v) is 9.33. The second-order valence-electron chi connectivity index (χ2n) is 12.4. The quantitative estimate of drug-likeness (QED) is 0.153. The molecule has 1 radical (unpaired) electrons. The Kier molecular flexibility index (Phi) is 8.52. The summed E-state index contributed by atoms with van der Waals surface area (Å²) in [4.78, 5) is 4.55. The van der Waals surface area contributed by atoms with Crippen LogP contribution in [0.2, 0.25) is 0 Å². The molecule has 0 fully saturated rings. The van der Waals surface area contributed by atoms with Crippen molar-refractivity contribution in [2.24, 2.45) is 0 Å². The Morgan fingerprint density at radius 2 is 0.920 bits per heavy atom. The van der Waals surface area contributed by atoms with E-state index < -0.39 is 0 Å². The Morgan fingerprint density at radius 3 is 1.60 bits per heavy atom. The zero-order chi connectivity index (χ0) is 32.6. The van der Waals surface area contributed by atoms with Gasteiger partial charge in [-0.3, -0.25) is 0 Å². The summed E-state index contributed by atoms with van der Waals surface area (Å²) in [5, 5.41) is 2.53. The molecule has 239 valence electrons. The van der Waals surface area contributed by atoms with Crippen LogP contribution in [-0.4, -0.2) is 9.55 Å². The molecule has 50 heavy (non-hydrogen) atoms. The summed E-state index contributed by atoms with van der Waals surface area (Å²) in [6.45, 7) is 0. The molecule has 2 nitrogen and oxygen atoms in total. The molecule has 0 atom stereocenters. The molecule has 9 rings (SSSR count). The van der Waals surface area contributed by atoms with Crippen molar-refractivity contribution < 1.29 is 20.1 Å². The number of para-hydroxylation sites is 2. The molecule has 0 bridgehead atoms. The van der Waals surface area contributed by atoms with Crippen molar-refractivity contribution in [3.63, 3.8) is 0 Å². The van der Waals surface area contributed by atoms with E-state index in [0.29, 0.717) is 0 Å². The van der Waals surface area contributed by atoms with Crippen LogP contribution in [0.25, 0.3) is 83.3 Å². The topological polar surface area (TPSA) is 17.8 Å². The summed E-state index contributed by atoms with van der Waals surface area (Å²) in [5.74, 6) is 0. The van der Waals surface area contributed by atoms with Crippen LogP contribution >= 0.6 is 0 Å². The maximum atomic E-state index is 4.55. The molecule has 9 aromatic rings. The van der Waals surface area contributed by atoms with Gasteiger partial charge in [0.2, 0.25) is 0 Å². The minimum atomic E-state index is 0. The fourth-order valence-electron chi connectivity index (χ4n) is 6.98. The predicted molar refractivity (Wildman–Crippen MR) is 205 cm³/mol. The van der Waals surface area contributed by atoms with Gasteiger partial charge in [-0.2, -0.15) is 0 Å². The van der Waals surface area contributed by atoms with Crippen LogP contribution in [0.3, 0.4) is 0 Å². The average Bonchev–Trinajstić information content (AvgIpc) is 3.53. The Labute approximate surface area is 305 Å². The molecule has 3 heteroatoms. The van der Waals surface area contributed by atoms with Gasteiger partial charge in [-0.25, -0.2) is 0 Å². The summed E-state index contributed by atoms with van der Waals surface area (Å²) in [6.07, 6.45) is 1.83. The second-order valence-corrected chi connectivity index (χ2v) is 12.4. The van der Waals surface area contributed by atoms with Crippen LogP contribution in [-0.2, 0) is 20.1 Å². The zero-order valence-electron chi connectivity index (χ0n) is 27.1. The Bertz CT molecular complexity index is 2550. The molecule has 0 saturated carbocycles. The molecule has 0 amide bonds. The number of benzene rings is 7. The van der Waals surface area contributed by atoms with Crippen molar-refractivity contribution in [2.45, 2.75) is 0 Å². The molecule has 0 aliphatic heterocycles. The van der Waals surface area contributed by atoms with Crippen LogP contribution < -0.4 is 0 Å². The van der Waals surface area contributed by atoms with Gasteiger partial charge in [0, 0.05) is 42.8 Å². The maximum Gasteiger partial charge on any atom is 0.0541 e. The summed E-state index contributed by atoms with van der Waals surface area (Å²) >= 11 is 0. The number of nitrogens with zero attached hydrogens (tertiary/aromatic N) is 2. The number of rotatable bonds is 6. The van der Waals surface area contributed by atoms with Crippen molar-refractivity contribution in [1.29, 1.82) is 0 Å². The first kappa shape index (κ1) is 31.4. The summed E-state index contributed by atoms with van der Waals surface area (Å²) in [7, 11) is 0. The van der Waals surface area contributed by atoms with Crippen LogP contribution in [0, 0.1) is 6.07 Å². The summed E-state index contributed by atoms with van der Waals surface area (Å²) < 4.78 is 2.39. The van der Waals surface area contributed by atoms with Crippen molar-refractivity contribution in [3.8, 4) is 61.5 Å². The SMILES string of the molecule is [Ir].[c-]1ccc(-c2cccc(-c3cc(-c4ccccc4)cc(-c4cccc(-n5c6ccccc6c6ccccc65)c4)c3)c2)cc1-c1ccccn1. The molecular weight excluding hydrogens is 785 g/mol. The van der Waals surface area contributed by atoms with Gasteiger partial charge in [-0.15, -0.1) is 35.4 Å². The molecule has 0 saturated heterocycles. The van der Waals surface area contributed by atoms with E-state index in [0.717, 1.165) is 28.1 Å². The van der Waals surface area contributed by atoms with Crippen molar-refractivity contribution in [1.82, 2.24) is 9.55 Å². The number of hydrogen-bond donors (Lipinski definition) is 0. The molecule has 0 N–H and O–H groups in total. The summed E-state index contributed by atoms with van der Waals surface area (Å²) in [5.41, 5.74) is 14.8. The van der Waals surface area contributed by atoms with Gasteiger partial charge in [0.1, 0.15) is 0 Å². The van der Waals surface area contributed by atoms with E-state index in [1.807, 2.05) is 30.5 Å². The third kappa shape index (κ3) is 5.88. The smallest absolute Gasteiger partial charge is 0.0541 e. The van der Waals surface area contributed by atoms with E-state index in [1.54, 1.807) is 0 Å². The first-order valence-corrected chi connectivity index (χ1v) is 16.6. The van der Waals surface area contributed by atoms with Crippen molar-refractivity contribution >= 4 is 21.8 Å². The zero-order valence-corrected chi connectivity index (χ0v) is 29.5. The monoisotopic (exact) mass is 816 g/mol. The minimum absolute atomic E-state index is 0. The van der Waals surface area contributed by atoms with E-state index in [9.17, 15) is 0 Å². The number of hydrogen-bond acceptors (Lipinski definition) is 1. The van der Waals surface area contributed by atoms with Crippen LogP contribution in [0.5, 0.6) is 0 Å². The molecular formula is C47H31IrN2-. The minimum Gasteiger partial charge on any atom is -0.309 e. The van der Waals surface area contributed by atoms with E-state index in [2.05, 4.69) is 173 Å². The Hall–Kier alpha value is -5.86. The molecule has 0 spiro atoms. The number of aromatic nitrogens is 2. The molecule has 0 unspecified atom stereocenters. The largest absolute Gasteiger partial charge is 0.309 e. The fourth-order valence-corrected chi connectivity index (χ4v) is 6.98. The van der Waals surface area contributed by atoms with Crippen LogP contribution in [0.1, 0.15) is 0 Å². The number of fused-ring (bicyclic) bond motifs is 3. The normalized spacial score (nSPS) is 11.0. The first-order chi connectivity index (χ1) is 24.3. The molecule has 0 aliphatic rings. The van der Waals surface area contributed by atoms with Gasteiger partial charge in [-0.1, -0.05) is 109 Å². The van der Waals surface area contributed by atoms with Gasteiger partial charge in [-0.05, 0) is 99.2 Å². The molecule has 2 aromatic heterocycles. The molecule has 2 heterocycles. The summed E-state index contributed by atoms with van der Waals surface area (Å²) in [6, 6.07) is 68.4. The van der Waals surface area contributed by atoms with E-state index in [1.165, 1.54) is 55.2 Å². The van der Waals surface area contributed by atoms with Gasteiger partial charge in [0.25, 0.3) is 0 Å². The van der Waals surface area contributed by atoms with Gasteiger partial charge >= 0.3 is 0 Å². The van der Waals surface area contributed by atoms with Crippen molar-refractivity contribution in [3.05, 3.63) is 194 Å². The Balaban J connectivity index is 0.00000361. The molecule has 7 aromatic carbocycles. The average molecular weight is 816 g/mol. The van der Waals surface area contributed by atoms with Crippen LogP contribution in [0.4, 0.5) is 0 Å². The van der Waals surface area contributed by atoms with Gasteiger partial charge < -0.3 is 9.55 Å². The molecule has 0 aliphatic carbocycles. The maximum absolute atomic E-state index is 4.55. The Morgan fingerprint density at radius 1 is 0.400 bits per heavy atom. The van der Waals surface area contributed by atoms with Crippen molar-refractivity contribution in [2.75, 3.05) is 0 Å². The van der Waals surface area contributed by atoms with E-state index >= 15 is 0 Å². The van der Waals surface area contributed by atoms with E-state index in [4.69, 9.17) is 0 Å². The van der Waals surface area contributed by atoms with Crippen LogP contribution in [0.15, 0.2) is 188 Å².